The number of anilines is 1. The highest BCUT2D eigenvalue weighted by molar-refractivity contribution is 7.52. The summed E-state index contributed by atoms with van der Waals surface area (Å²) in [7, 11) is -4.53. The lowest BCUT2D eigenvalue weighted by molar-refractivity contribution is 0.0801. The Bertz CT molecular complexity index is 988. The van der Waals surface area contributed by atoms with E-state index in [-0.39, 0.29) is 19.0 Å². The molecule has 1 aliphatic carbocycles. The van der Waals surface area contributed by atoms with Gasteiger partial charge in [-0.05, 0) is 17.7 Å². The van der Waals surface area contributed by atoms with Crippen LogP contribution in [-0.2, 0) is 15.8 Å². The Labute approximate surface area is 166 Å². The Morgan fingerprint density at radius 2 is 2.00 bits per heavy atom. The van der Waals surface area contributed by atoms with Crippen molar-refractivity contribution in [1.82, 2.24) is 19.5 Å². The molecule has 0 radical (unpaired) electrons. The Morgan fingerprint density at radius 1 is 1.25 bits per heavy atom. The first-order chi connectivity index (χ1) is 13.4. The largest absolute Gasteiger partial charge is 0.382 e. The Morgan fingerprint density at radius 3 is 2.64 bits per heavy atom. The summed E-state index contributed by atoms with van der Waals surface area (Å²) in [5.74, 6) is -1.14. The maximum absolute atomic E-state index is 11.8. The Balaban J connectivity index is 0.000000684. The zero-order chi connectivity index (χ0) is 20.1. The molecule has 11 heteroatoms. The predicted octanol–water partition coefficient (Wildman–Crippen LogP) is 3.13. The number of nitrogen functional groups attached to an aromatic ring is 1. The van der Waals surface area contributed by atoms with Crippen molar-refractivity contribution in [2.75, 3.05) is 12.3 Å². The molecule has 4 rings (SSSR count). The van der Waals surface area contributed by atoms with Crippen molar-refractivity contribution in [3.05, 3.63) is 47.5 Å². The molecule has 3 aromatic rings. The van der Waals surface area contributed by atoms with Crippen LogP contribution in [0.25, 0.3) is 11.2 Å². The molecule has 0 saturated heterocycles. The van der Waals surface area contributed by atoms with E-state index >= 15 is 0 Å². The maximum atomic E-state index is 11.8. The smallest absolute Gasteiger partial charge is 0.358 e. The lowest BCUT2D eigenvalue weighted by Gasteiger charge is -2.20. The first kappa shape index (κ1) is 20.7. The molecule has 1 saturated carbocycles. The average molecular weight is 426 g/mol. The minimum atomic E-state index is -4.53. The Kier molecular flexibility index (Phi) is 6.64. The summed E-state index contributed by atoms with van der Waals surface area (Å²) in [6, 6.07) is 6.23. The van der Waals surface area contributed by atoms with Gasteiger partial charge in [-0.3, -0.25) is 4.57 Å². The maximum Gasteiger partial charge on any atom is 0.358 e. The van der Waals surface area contributed by atoms with Gasteiger partial charge >= 0.3 is 7.60 Å². The van der Waals surface area contributed by atoms with E-state index in [1.54, 1.807) is 22.8 Å². The van der Waals surface area contributed by atoms with Crippen molar-refractivity contribution >= 4 is 36.2 Å². The van der Waals surface area contributed by atoms with Gasteiger partial charge in [-0.2, -0.15) is 0 Å². The van der Waals surface area contributed by atoms with Crippen LogP contribution >= 0.6 is 19.2 Å². The number of fused-ring (bicyclic) bond motifs is 1. The monoisotopic (exact) mass is 425 g/mol. The van der Waals surface area contributed by atoms with Gasteiger partial charge in [0.15, 0.2) is 17.3 Å². The highest BCUT2D eigenvalue weighted by Gasteiger charge is 2.31. The van der Waals surface area contributed by atoms with E-state index < -0.39 is 13.4 Å². The lowest BCUT2D eigenvalue weighted by atomic mass is 10.2. The van der Waals surface area contributed by atoms with Gasteiger partial charge in [-0.25, -0.2) is 15.0 Å². The molecular weight excluding hydrogens is 405 g/mol. The number of rotatable bonds is 6. The highest BCUT2D eigenvalue weighted by atomic mass is 35.5. The van der Waals surface area contributed by atoms with Crippen LogP contribution in [0.2, 0.25) is 5.02 Å². The topological polar surface area (TPSA) is 136 Å². The van der Waals surface area contributed by atoms with Crippen molar-refractivity contribution in [2.24, 2.45) is 0 Å². The first-order valence-corrected chi connectivity index (χ1v) is 10.8. The minimum absolute atomic E-state index is 0.0255. The molecule has 150 valence electrons. The fourth-order valence-corrected chi connectivity index (χ4v) is 3.42. The van der Waals surface area contributed by atoms with Crippen molar-refractivity contribution < 1.29 is 19.1 Å². The molecule has 28 heavy (non-hydrogen) atoms. The van der Waals surface area contributed by atoms with Gasteiger partial charge in [0.25, 0.3) is 0 Å². The third-order valence-corrected chi connectivity index (χ3v) is 5.12. The molecule has 9 nitrogen and oxygen atoms in total. The molecule has 1 fully saturated rings. The molecule has 1 aliphatic rings. The molecular formula is C17H21ClN5O4P. The number of hydrogen-bond donors (Lipinski definition) is 3. The number of halogens is 1. The molecule has 2 heterocycles. The molecule has 1 aromatic carbocycles. The average Bonchev–Trinajstić information content (AvgIpc) is 3.46. The molecule has 4 N–H and O–H groups in total. The third kappa shape index (κ3) is 5.50. The number of aromatic nitrogens is 4. The molecule has 2 aromatic heterocycles. The fraction of sp³-hybridized carbons (Fsp3) is 0.353. The quantitative estimate of drug-likeness (QED) is 0.512. The molecule has 1 unspecified atom stereocenters. The minimum Gasteiger partial charge on any atom is -0.382 e. The number of nitrogens with two attached hydrogens (primary N) is 1. The third-order valence-electron chi connectivity index (χ3n) is 3.83. The van der Waals surface area contributed by atoms with Crippen LogP contribution in [0, 0.1) is 0 Å². The molecule has 0 aliphatic heterocycles. The van der Waals surface area contributed by atoms with E-state index in [1.165, 1.54) is 38.0 Å². The van der Waals surface area contributed by atoms with E-state index in [0.29, 0.717) is 21.7 Å². The lowest BCUT2D eigenvalue weighted by Crippen LogP contribution is -2.11. The van der Waals surface area contributed by atoms with Gasteiger partial charge in [-0.15, -0.1) is 0 Å². The van der Waals surface area contributed by atoms with E-state index in [0.717, 1.165) is 0 Å². The van der Waals surface area contributed by atoms with E-state index in [4.69, 9.17) is 22.1 Å². The second-order valence-electron chi connectivity index (χ2n) is 6.30. The van der Waals surface area contributed by atoms with Crippen LogP contribution in [0.5, 0.6) is 0 Å². The second-order valence-corrected chi connectivity index (χ2v) is 8.38. The van der Waals surface area contributed by atoms with Crippen LogP contribution < -0.4 is 5.73 Å². The number of hydrogen-bond acceptors (Lipinski definition) is 6. The molecule has 1 atom stereocenters. The summed E-state index contributed by atoms with van der Waals surface area (Å²) in [4.78, 5) is 31.2. The molecule has 0 spiro atoms. The number of benzene rings is 1. The zero-order valence-electron chi connectivity index (χ0n) is 15.0. The Hall–Kier alpha value is -2.03. The van der Waals surface area contributed by atoms with Gasteiger partial charge in [0.2, 0.25) is 0 Å². The highest BCUT2D eigenvalue weighted by Crippen LogP contribution is 2.52. The summed E-state index contributed by atoms with van der Waals surface area (Å²) < 4.78 is 18.9. The van der Waals surface area contributed by atoms with Gasteiger partial charge < -0.3 is 24.8 Å². The normalized spacial score (nSPS) is 14.4. The van der Waals surface area contributed by atoms with Crippen LogP contribution in [0.1, 0.15) is 30.7 Å². The van der Waals surface area contributed by atoms with Gasteiger partial charge in [-0.1, -0.05) is 43.0 Å². The summed E-state index contributed by atoms with van der Waals surface area (Å²) in [6.07, 6.45) is 7.34. The van der Waals surface area contributed by atoms with Gasteiger partial charge in [0.1, 0.15) is 11.8 Å². The fourth-order valence-electron chi connectivity index (χ4n) is 2.37. The van der Waals surface area contributed by atoms with Crippen LogP contribution in [0.4, 0.5) is 5.82 Å². The number of nitrogens with zero attached hydrogens (tertiary/aromatic N) is 4. The van der Waals surface area contributed by atoms with Gasteiger partial charge in [0.05, 0.1) is 12.9 Å². The van der Waals surface area contributed by atoms with Gasteiger partial charge in [0, 0.05) is 11.6 Å². The summed E-state index contributed by atoms with van der Waals surface area (Å²) in [5.41, 5.74) is 7.01. The van der Waals surface area contributed by atoms with E-state index in [2.05, 4.69) is 15.0 Å². The standard InChI is InChI=1S/C14H15ClN5O4P.C3H6/c15-10-3-1-2-9(6-10)14(25(21,22)23)24-5-4-20-8-19-11-12(16)17-7-18-13(11)20;1-2-3-1/h1-3,6-8,14H,4-5H2,(H2,16,17,18)(H2,21,22,23);1-3H2. The summed E-state index contributed by atoms with van der Waals surface area (Å²) in [6.45, 7) is 0.307. The van der Waals surface area contributed by atoms with Crippen molar-refractivity contribution in [3.8, 4) is 0 Å². The molecule has 0 amide bonds. The molecule has 0 bridgehead atoms. The van der Waals surface area contributed by atoms with Crippen LogP contribution in [0.15, 0.2) is 36.9 Å². The zero-order valence-corrected chi connectivity index (χ0v) is 16.6. The summed E-state index contributed by atoms with van der Waals surface area (Å²) in [5, 5.41) is 0.368. The van der Waals surface area contributed by atoms with Crippen molar-refractivity contribution in [2.45, 2.75) is 31.7 Å². The van der Waals surface area contributed by atoms with Crippen molar-refractivity contribution in [1.29, 1.82) is 0 Å². The van der Waals surface area contributed by atoms with E-state index in [9.17, 15) is 14.4 Å². The number of ether oxygens (including phenoxy) is 1. The first-order valence-electron chi connectivity index (χ1n) is 8.70. The predicted molar refractivity (Wildman–Crippen MR) is 106 cm³/mol. The van der Waals surface area contributed by atoms with E-state index in [1.807, 2.05) is 0 Å². The van der Waals surface area contributed by atoms with Crippen LogP contribution in [0.3, 0.4) is 0 Å². The summed E-state index contributed by atoms with van der Waals surface area (Å²) >= 11 is 5.89. The van der Waals surface area contributed by atoms with Crippen molar-refractivity contribution in [3.63, 3.8) is 0 Å². The van der Waals surface area contributed by atoms with Crippen LogP contribution in [-0.4, -0.2) is 35.9 Å². The SMILES string of the molecule is C1CC1.Nc1ncnc2c1ncn2CCOC(c1cccc(Cl)c1)P(=O)(O)O. The second kappa shape index (κ2) is 8.98. The number of imidazole rings is 1.